The molecule has 0 bridgehead atoms. The minimum absolute atomic E-state index is 0.239. The summed E-state index contributed by atoms with van der Waals surface area (Å²) in [5, 5.41) is 4.43. The predicted molar refractivity (Wildman–Crippen MR) is 69.5 cm³/mol. The average molecular weight is 233 g/mol. The molecule has 0 saturated heterocycles. The molecular weight excluding hydrogens is 214 g/mol. The first-order valence-electron chi connectivity index (χ1n) is 6.14. The molecule has 2 aromatic rings. The molecule has 17 heavy (non-hydrogen) atoms. The standard InChI is InChI=1S/C14H19NO2/c1-4-15-10(3)14-9-11-8-12(16-5-2)6-7-13(11)17-14/h6-10,15H,4-5H2,1-3H3. The second-order valence-corrected chi connectivity index (χ2v) is 4.06. The van der Waals surface area contributed by atoms with E-state index in [1.165, 1.54) is 0 Å². The molecule has 0 aliphatic rings. The van der Waals surface area contributed by atoms with Crippen molar-refractivity contribution in [3.05, 3.63) is 30.0 Å². The fourth-order valence-electron chi connectivity index (χ4n) is 1.92. The topological polar surface area (TPSA) is 34.4 Å². The first-order valence-corrected chi connectivity index (χ1v) is 6.14. The summed E-state index contributed by atoms with van der Waals surface area (Å²) in [4.78, 5) is 0. The SMILES string of the molecule is CCNC(C)c1cc2cc(OCC)ccc2o1. The van der Waals surface area contributed by atoms with Crippen molar-refractivity contribution in [2.45, 2.75) is 26.8 Å². The molecule has 3 nitrogen and oxygen atoms in total. The van der Waals surface area contributed by atoms with Gasteiger partial charge in [-0.05, 0) is 44.7 Å². The molecule has 1 unspecified atom stereocenters. The van der Waals surface area contributed by atoms with Crippen molar-refractivity contribution in [2.75, 3.05) is 13.2 Å². The zero-order valence-corrected chi connectivity index (χ0v) is 10.6. The molecule has 0 aliphatic heterocycles. The van der Waals surface area contributed by atoms with Crippen LogP contribution in [0.3, 0.4) is 0 Å². The molecule has 1 heterocycles. The summed E-state index contributed by atoms with van der Waals surface area (Å²) in [6, 6.07) is 8.23. The quantitative estimate of drug-likeness (QED) is 0.858. The third-order valence-electron chi connectivity index (χ3n) is 2.75. The fourth-order valence-corrected chi connectivity index (χ4v) is 1.92. The Kier molecular flexibility index (Phi) is 3.69. The van der Waals surface area contributed by atoms with Gasteiger partial charge in [-0.2, -0.15) is 0 Å². The highest BCUT2D eigenvalue weighted by Gasteiger charge is 2.10. The van der Waals surface area contributed by atoms with Gasteiger partial charge in [-0.3, -0.25) is 0 Å². The second-order valence-electron chi connectivity index (χ2n) is 4.06. The van der Waals surface area contributed by atoms with E-state index in [2.05, 4.69) is 25.2 Å². The van der Waals surface area contributed by atoms with Crippen molar-refractivity contribution in [3.8, 4) is 5.75 Å². The van der Waals surface area contributed by atoms with Crippen molar-refractivity contribution in [1.29, 1.82) is 0 Å². The molecule has 1 atom stereocenters. The Morgan fingerprint density at radius 2 is 2.12 bits per heavy atom. The Morgan fingerprint density at radius 1 is 1.29 bits per heavy atom. The van der Waals surface area contributed by atoms with Crippen molar-refractivity contribution >= 4 is 11.0 Å². The lowest BCUT2D eigenvalue weighted by Gasteiger charge is -2.07. The Balaban J connectivity index is 2.30. The summed E-state index contributed by atoms with van der Waals surface area (Å²) in [7, 11) is 0. The summed E-state index contributed by atoms with van der Waals surface area (Å²) in [6.45, 7) is 7.79. The second kappa shape index (κ2) is 5.23. The van der Waals surface area contributed by atoms with Gasteiger partial charge in [-0.25, -0.2) is 0 Å². The van der Waals surface area contributed by atoms with E-state index in [9.17, 15) is 0 Å². The number of benzene rings is 1. The molecule has 0 saturated carbocycles. The molecule has 0 amide bonds. The van der Waals surface area contributed by atoms with Crippen molar-refractivity contribution in [2.24, 2.45) is 0 Å². The summed E-state index contributed by atoms with van der Waals surface area (Å²) >= 11 is 0. The van der Waals surface area contributed by atoms with Crippen LogP contribution in [0.2, 0.25) is 0 Å². The summed E-state index contributed by atoms with van der Waals surface area (Å²) in [5.41, 5.74) is 0.910. The zero-order valence-electron chi connectivity index (χ0n) is 10.6. The minimum Gasteiger partial charge on any atom is -0.494 e. The van der Waals surface area contributed by atoms with Gasteiger partial charge in [0.05, 0.1) is 12.6 Å². The largest absolute Gasteiger partial charge is 0.494 e. The third-order valence-corrected chi connectivity index (χ3v) is 2.75. The number of nitrogens with one attached hydrogen (secondary N) is 1. The van der Waals surface area contributed by atoms with Gasteiger partial charge in [0, 0.05) is 5.39 Å². The van der Waals surface area contributed by atoms with Crippen LogP contribution in [0.25, 0.3) is 11.0 Å². The Hall–Kier alpha value is -1.48. The summed E-state index contributed by atoms with van der Waals surface area (Å²) in [6.07, 6.45) is 0. The van der Waals surface area contributed by atoms with E-state index in [0.717, 1.165) is 29.0 Å². The van der Waals surface area contributed by atoms with Crippen LogP contribution >= 0.6 is 0 Å². The van der Waals surface area contributed by atoms with E-state index in [1.54, 1.807) is 0 Å². The number of furan rings is 1. The van der Waals surface area contributed by atoms with Crippen LogP contribution < -0.4 is 10.1 Å². The molecule has 0 aliphatic carbocycles. The van der Waals surface area contributed by atoms with Gasteiger partial charge in [-0.15, -0.1) is 0 Å². The Bertz CT molecular complexity index is 490. The van der Waals surface area contributed by atoms with Gasteiger partial charge >= 0.3 is 0 Å². The van der Waals surface area contributed by atoms with Crippen LogP contribution in [0.5, 0.6) is 5.75 Å². The van der Waals surface area contributed by atoms with Gasteiger partial charge in [0.15, 0.2) is 0 Å². The number of fused-ring (bicyclic) bond motifs is 1. The molecule has 2 rings (SSSR count). The zero-order chi connectivity index (χ0) is 12.3. The Labute approximate surface area is 102 Å². The molecule has 0 radical (unpaired) electrons. The van der Waals surface area contributed by atoms with E-state index < -0.39 is 0 Å². The maximum absolute atomic E-state index is 5.80. The molecule has 92 valence electrons. The van der Waals surface area contributed by atoms with Crippen LogP contribution in [-0.4, -0.2) is 13.2 Å². The van der Waals surface area contributed by atoms with Gasteiger partial charge in [0.2, 0.25) is 0 Å². The number of ether oxygens (including phenoxy) is 1. The minimum atomic E-state index is 0.239. The third kappa shape index (κ3) is 2.61. The molecule has 1 N–H and O–H groups in total. The van der Waals surface area contributed by atoms with Gasteiger partial charge in [-0.1, -0.05) is 6.92 Å². The monoisotopic (exact) mass is 233 g/mol. The molecule has 1 aromatic carbocycles. The highest BCUT2D eigenvalue weighted by molar-refractivity contribution is 5.79. The maximum Gasteiger partial charge on any atom is 0.134 e. The Morgan fingerprint density at radius 3 is 2.82 bits per heavy atom. The van der Waals surface area contributed by atoms with Crippen LogP contribution in [0.4, 0.5) is 0 Å². The van der Waals surface area contributed by atoms with E-state index in [0.29, 0.717) is 6.61 Å². The number of rotatable bonds is 5. The fraction of sp³-hybridized carbons (Fsp3) is 0.429. The van der Waals surface area contributed by atoms with Crippen LogP contribution in [0, 0.1) is 0 Å². The van der Waals surface area contributed by atoms with Crippen LogP contribution in [0.1, 0.15) is 32.6 Å². The van der Waals surface area contributed by atoms with Gasteiger partial charge in [0.1, 0.15) is 17.1 Å². The highest BCUT2D eigenvalue weighted by Crippen LogP contribution is 2.27. The maximum atomic E-state index is 5.80. The van der Waals surface area contributed by atoms with E-state index in [-0.39, 0.29) is 6.04 Å². The number of hydrogen-bond donors (Lipinski definition) is 1. The first-order chi connectivity index (χ1) is 8.24. The number of hydrogen-bond acceptors (Lipinski definition) is 3. The van der Waals surface area contributed by atoms with Crippen molar-refractivity contribution in [1.82, 2.24) is 5.32 Å². The lowest BCUT2D eigenvalue weighted by atomic mass is 10.2. The summed E-state index contributed by atoms with van der Waals surface area (Å²) in [5.74, 6) is 1.86. The molecule has 0 fully saturated rings. The average Bonchev–Trinajstić information content (AvgIpc) is 2.73. The molecule has 3 heteroatoms. The van der Waals surface area contributed by atoms with Gasteiger partial charge in [0.25, 0.3) is 0 Å². The van der Waals surface area contributed by atoms with Crippen LogP contribution in [0.15, 0.2) is 28.7 Å². The van der Waals surface area contributed by atoms with E-state index >= 15 is 0 Å². The van der Waals surface area contributed by atoms with E-state index in [4.69, 9.17) is 9.15 Å². The molecule has 1 aromatic heterocycles. The van der Waals surface area contributed by atoms with Crippen LogP contribution in [-0.2, 0) is 0 Å². The smallest absolute Gasteiger partial charge is 0.134 e. The molecular formula is C14H19NO2. The lowest BCUT2D eigenvalue weighted by Crippen LogP contribution is -2.16. The van der Waals surface area contributed by atoms with Gasteiger partial charge < -0.3 is 14.5 Å². The predicted octanol–water partition coefficient (Wildman–Crippen LogP) is 3.50. The van der Waals surface area contributed by atoms with Crippen molar-refractivity contribution in [3.63, 3.8) is 0 Å². The normalized spacial score (nSPS) is 12.9. The lowest BCUT2D eigenvalue weighted by molar-refractivity contribution is 0.340. The van der Waals surface area contributed by atoms with E-state index in [1.807, 2.05) is 25.1 Å². The highest BCUT2D eigenvalue weighted by atomic mass is 16.5. The van der Waals surface area contributed by atoms with Crippen molar-refractivity contribution < 1.29 is 9.15 Å². The molecule has 0 spiro atoms. The summed E-state index contributed by atoms with van der Waals surface area (Å²) < 4.78 is 11.3. The first kappa shape index (κ1) is 12.0.